The zero-order valence-electron chi connectivity index (χ0n) is 15.9. The van der Waals surface area contributed by atoms with Crippen molar-refractivity contribution >= 4 is 33.9 Å². The van der Waals surface area contributed by atoms with Crippen LogP contribution in [0.5, 0.6) is 0 Å². The molecule has 146 valence electrons. The van der Waals surface area contributed by atoms with Crippen LogP contribution in [-0.4, -0.2) is 42.8 Å². The first-order valence-electron chi connectivity index (χ1n) is 8.17. The average Bonchev–Trinajstić information content (AvgIpc) is 2.57. The molecule has 8 heteroatoms. The maximum absolute atomic E-state index is 12.5. The number of carbonyl (C=O) groups excluding carboxylic acids is 3. The molecule has 0 aromatic heterocycles. The average molecular weight is 439 g/mol. The second-order valence-electron chi connectivity index (χ2n) is 6.71. The summed E-state index contributed by atoms with van der Waals surface area (Å²) in [6.45, 7) is 6.74. The van der Waals surface area contributed by atoms with E-state index in [0.29, 0.717) is 5.56 Å². The van der Waals surface area contributed by atoms with Gasteiger partial charge in [-0.2, -0.15) is 0 Å². The molecule has 0 saturated heterocycles. The van der Waals surface area contributed by atoms with Crippen LogP contribution < -0.4 is 10.6 Å². The zero-order valence-corrected chi connectivity index (χ0v) is 17.5. The fourth-order valence-electron chi connectivity index (χ4n) is 2.08. The van der Waals surface area contributed by atoms with Crippen molar-refractivity contribution in [2.45, 2.75) is 45.4 Å². The Balaban J connectivity index is 2.86. The predicted molar refractivity (Wildman–Crippen MR) is 104 cm³/mol. The topological polar surface area (TPSA) is 93.7 Å². The molecule has 1 rings (SSSR count). The molecule has 0 aliphatic rings. The van der Waals surface area contributed by atoms with Crippen LogP contribution in [0.25, 0.3) is 0 Å². The first kappa shape index (κ1) is 22.5. The lowest BCUT2D eigenvalue weighted by molar-refractivity contribution is -0.143. The molecule has 0 heterocycles. The standard InChI is InChI=1S/C19H23BrN2O5/c1-12(21-18(25)27-19(2,3)4)15(17(24)26-5)22-16(23)14-8-6-13(7-9-14)10-11-20/h6-9,12,15H,1-5H3,(H,21,25)(H,22,23). The van der Waals surface area contributed by atoms with E-state index in [1.807, 2.05) is 0 Å². The predicted octanol–water partition coefficient (Wildman–Crippen LogP) is 2.58. The molecule has 0 aliphatic heterocycles. The summed E-state index contributed by atoms with van der Waals surface area (Å²) in [6, 6.07) is 4.69. The number of halogens is 1. The number of alkyl carbamates (subject to hydrolysis) is 1. The van der Waals surface area contributed by atoms with Crippen LogP contribution in [0.1, 0.15) is 43.6 Å². The van der Waals surface area contributed by atoms with Crippen LogP contribution in [0.15, 0.2) is 24.3 Å². The molecule has 2 amide bonds. The summed E-state index contributed by atoms with van der Waals surface area (Å²) in [6.07, 6.45) is -0.698. The molecule has 0 saturated carbocycles. The third-order valence-electron chi connectivity index (χ3n) is 3.32. The quantitative estimate of drug-likeness (QED) is 0.544. The van der Waals surface area contributed by atoms with Crippen molar-refractivity contribution in [2.24, 2.45) is 0 Å². The number of carbonyl (C=O) groups is 3. The highest BCUT2D eigenvalue weighted by Crippen LogP contribution is 2.09. The minimum atomic E-state index is -1.09. The van der Waals surface area contributed by atoms with E-state index in [2.05, 4.69) is 37.3 Å². The lowest BCUT2D eigenvalue weighted by Crippen LogP contribution is -2.55. The molecule has 7 nitrogen and oxygen atoms in total. The first-order chi connectivity index (χ1) is 12.6. The van der Waals surface area contributed by atoms with E-state index in [-0.39, 0.29) is 0 Å². The zero-order chi connectivity index (χ0) is 20.6. The summed E-state index contributed by atoms with van der Waals surface area (Å²) in [5.41, 5.74) is 0.384. The number of rotatable bonds is 5. The number of benzene rings is 1. The Bertz CT molecular complexity index is 744. The van der Waals surface area contributed by atoms with Gasteiger partial charge in [-0.1, -0.05) is 5.92 Å². The summed E-state index contributed by atoms with van der Waals surface area (Å²) in [4.78, 5) is 39.0. The summed E-state index contributed by atoms with van der Waals surface area (Å²) in [5.74, 6) is 1.63. The van der Waals surface area contributed by atoms with Crippen LogP contribution in [0, 0.1) is 10.8 Å². The molecule has 0 aliphatic carbocycles. The van der Waals surface area contributed by atoms with Gasteiger partial charge in [0.05, 0.1) is 13.2 Å². The highest BCUT2D eigenvalue weighted by atomic mass is 79.9. The van der Waals surface area contributed by atoms with Gasteiger partial charge in [0, 0.05) is 27.1 Å². The van der Waals surface area contributed by atoms with E-state index >= 15 is 0 Å². The van der Waals surface area contributed by atoms with E-state index in [1.54, 1.807) is 52.0 Å². The molecular formula is C19H23BrN2O5. The molecule has 1 aromatic carbocycles. The number of esters is 1. The van der Waals surface area contributed by atoms with E-state index in [0.717, 1.165) is 5.56 Å². The van der Waals surface area contributed by atoms with Gasteiger partial charge in [0.1, 0.15) is 11.6 Å². The number of nitrogens with one attached hydrogen (secondary N) is 2. The molecule has 2 unspecified atom stereocenters. The van der Waals surface area contributed by atoms with E-state index in [4.69, 9.17) is 9.47 Å². The normalized spacial score (nSPS) is 12.7. The van der Waals surface area contributed by atoms with E-state index in [1.165, 1.54) is 7.11 Å². The Kier molecular flexibility index (Phi) is 8.32. The van der Waals surface area contributed by atoms with Crippen LogP contribution in [0.3, 0.4) is 0 Å². The third-order valence-corrected chi connectivity index (χ3v) is 3.52. The molecule has 2 N–H and O–H groups in total. The van der Waals surface area contributed by atoms with Crippen molar-refractivity contribution < 1.29 is 23.9 Å². The van der Waals surface area contributed by atoms with Crippen LogP contribution in [0.2, 0.25) is 0 Å². The molecule has 0 spiro atoms. The van der Waals surface area contributed by atoms with Gasteiger partial charge in [-0.25, -0.2) is 9.59 Å². The van der Waals surface area contributed by atoms with Crippen molar-refractivity contribution in [3.8, 4) is 10.8 Å². The van der Waals surface area contributed by atoms with Crippen LogP contribution >= 0.6 is 15.9 Å². The van der Waals surface area contributed by atoms with Crippen molar-refractivity contribution in [2.75, 3.05) is 7.11 Å². The summed E-state index contributed by atoms with van der Waals surface area (Å²) in [5, 5.41) is 5.11. The molecule has 0 bridgehead atoms. The van der Waals surface area contributed by atoms with Gasteiger partial charge in [0.25, 0.3) is 5.91 Å². The Hall–Kier alpha value is -2.53. The van der Waals surface area contributed by atoms with Crippen LogP contribution in [-0.2, 0) is 14.3 Å². The molecule has 0 radical (unpaired) electrons. The van der Waals surface area contributed by atoms with Gasteiger partial charge in [-0.05, 0) is 56.8 Å². The summed E-state index contributed by atoms with van der Waals surface area (Å²) in [7, 11) is 1.20. The monoisotopic (exact) mass is 438 g/mol. The minimum absolute atomic E-state index is 0.341. The fourth-order valence-corrected chi connectivity index (χ4v) is 2.30. The van der Waals surface area contributed by atoms with Crippen molar-refractivity contribution in [1.29, 1.82) is 0 Å². The van der Waals surface area contributed by atoms with Crippen LogP contribution in [0.4, 0.5) is 4.79 Å². The van der Waals surface area contributed by atoms with Gasteiger partial charge in [0.2, 0.25) is 0 Å². The van der Waals surface area contributed by atoms with Gasteiger partial charge < -0.3 is 20.1 Å². The summed E-state index contributed by atoms with van der Waals surface area (Å²) < 4.78 is 9.90. The number of hydrogen-bond acceptors (Lipinski definition) is 5. The molecule has 0 fully saturated rings. The summed E-state index contributed by atoms with van der Waals surface area (Å²) >= 11 is 3.01. The Labute approximate surface area is 167 Å². The highest BCUT2D eigenvalue weighted by Gasteiger charge is 2.30. The van der Waals surface area contributed by atoms with Gasteiger partial charge >= 0.3 is 12.1 Å². The third kappa shape index (κ3) is 7.71. The van der Waals surface area contributed by atoms with Gasteiger partial charge in [-0.3, -0.25) is 4.79 Å². The number of amides is 2. The lowest BCUT2D eigenvalue weighted by atomic mass is 10.1. The molecular weight excluding hydrogens is 416 g/mol. The number of hydrogen-bond donors (Lipinski definition) is 2. The molecule has 27 heavy (non-hydrogen) atoms. The Morgan fingerprint density at radius 1 is 1.11 bits per heavy atom. The fraction of sp³-hybridized carbons (Fsp3) is 0.421. The SMILES string of the molecule is COC(=O)C(NC(=O)c1ccc(C#CBr)cc1)C(C)NC(=O)OC(C)(C)C. The number of methoxy groups -OCH3 is 1. The maximum atomic E-state index is 12.5. The minimum Gasteiger partial charge on any atom is -0.467 e. The largest absolute Gasteiger partial charge is 0.467 e. The maximum Gasteiger partial charge on any atom is 0.407 e. The first-order valence-corrected chi connectivity index (χ1v) is 8.96. The molecule has 1 aromatic rings. The number of ether oxygens (including phenoxy) is 2. The van der Waals surface area contributed by atoms with Gasteiger partial charge in [0.15, 0.2) is 0 Å². The van der Waals surface area contributed by atoms with Gasteiger partial charge in [-0.15, -0.1) is 0 Å². The second kappa shape index (κ2) is 9.97. The second-order valence-corrected chi connectivity index (χ2v) is 7.10. The van der Waals surface area contributed by atoms with Crippen molar-refractivity contribution in [1.82, 2.24) is 10.6 Å². The van der Waals surface area contributed by atoms with E-state index in [9.17, 15) is 14.4 Å². The van der Waals surface area contributed by atoms with Crippen molar-refractivity contribution in [3.63, 3.8) is 0 Å². The Morgan fingerprint density at radius 2 is 1.70 bits per heavy atom. The smallest absolute Gasteiger partial charge is 0.407 e. The highest BCUT2D eigenvalue weighted by molar-refractivity contribution is 9.12. The van der Waals surface area contributed by atoms with Crippen molar-refractivity contribution in [3.05, 3.63) is 35.4 Å². The Morgan fingerprint density at radius 3 is 2.19 bits per heavy atom. The molecule has 2 atom stereocenters. The lowest BCUT2D eigenvalue weighted by Gasteiger charge is -2.26. The van der Waals surface area contributed by atoms with E-state index < -0.39 is 35.7 Å².